The van der Waals surface area contributed by atoms with Crippen LogP contribution in [0.15, 0.2) is 17.5 Å². The predicted octanol–water partition coefficient (Wildman–Crippen LogP) is 2.83. The van der Waals surface area contributed by atoms with Gasteiger partial charge in [0, 0.05) is 4.88 Å². The van der Waals surface area contributed by atoms with Gasteiger partial charge < -0.3 is 11.1 Å². The summed E-state index contributed by atoms with van der Waals surface area (Å²) in [6.45, 7) is 4.17. The molecule has 0 saturated heterocycles. The second-order valence-electron chi connectivity index (χ2n) is 4.23. The van der Waals surface area contributed by atoms with Gasteiger partial charge in [0.05, 0.1) is 12.1 Å². The molecule has 0 saturated carbocycles. The van der Waals surface area contributed by atoms with Crippen LogP contribution in [0.3, 0.4) is 0 Å². The second kappa shape index (κ2) is 7.45. The van der Waals surface area contributed by atoms with Crippen molar-refractivity contribution in [1.82, 2.24) is 5.32 Å². The molecule has 1 aromatic heterocycles. The monoisotopic (exact) mass is 254 g/mol. The van der Waals surface area contributed by atoms with Crippen LogP contribution in [0, 0.1) is 0 Å². The van der Waals surface area contributed by atoms with E-state index in [2.05, 4.69) is 25.2 Å². The van der Waals surface area contributed by atoms with Crippen molar-refractivity contribution in [1.29, 1.82) is 0 Å². The van der Waals surface area contributed by atoms with Gasteiger partial charge in [0.25, 0.3) is 0 Å². The van der Waals surface area contributed by atoms with E-state index >= 15 is 0 Å². The van der Waals surface area contributed by atoms with Crippen LogP contribution in [-0.4, -0.2) is 11.9 Å². The number of unbranched alkanes of at least 4 members (excludes halogenated alkanes) is 1. The Balaban J connectivity index is 2.48. The van der Waals surface area contributed by atoms with Crippen molar-refractivity contribution in [3.63, 3.8) is 0 Å². The topological polar surface area (TPSA) is 55.1 Å². The zero-order valence-electron chi connectivity index (χ0n) is 10.6. The Morgan fingerprint density at radius 3 is 2.82 bits per heavy atom. The summed E-state index contributed by atoms with van der Waals surface area (Å²) < 4.78 is 0. The number of rotatable bonds is 7. The van der Waals surface area contributed by atoms with Gasteiger partial charge in [-0.2, -0.15) is 0 Å². The van der Waals surface area contributed by atoms with E-state index in [0.717, 1.165) is 25.7 Å². The standard InChI is InChI=1S/C13H22N2OS/c1-3-5-7-10(14)13(16)15-11(4-2)12-8-6-9-17-12/h6,8-11H,3-5,7,14H2,1-2H3,(H,15,16)/t10-,11?/m0/s1. The lowest BCUT2D eigenvalue weighted by Crippen LogP contribution is -2.41. The van der Waals surface area contributed by atoms with Gasteiger partial charge in [-0.3, -0.25) is 4.79 Å². The van der Waals surface area contributed by atoms with E-state index in [0.29, 0.717) is 0 Å². The molecule has 4 heteroatoms. The Hall–Kier alpha value is -0.870. The molecule has 1 rings (SSSR count). The molecule has 3 N–H and O–H groups in total. The SMILES string of the molecule is CCCC[C@H](N)C(=O)NC(CC)c1cccs1. The highest BCUT2D eigenvalue weighted by Crippen LogP contribution is 2.21. The van der Waals surface area contributed by atoms with Crippen LogP contribution in [0.4, 0.5) is 0 Å². The molecule has 0 bridgehead atoms. The number of hydrogen-bond acceptors (Lipinski definition) is 3. The van der Waals surface area contributed by atoms with Crippen LogP contribution >= 0.6 is 11.3 Å². The van der Waals surface area contributed by atoms with Gasteiger partial charge in [0.15, 0.2) is 0 Å². The number of carbonyl (C=O) groups is 1. The molecule has 96 valence electrons. The number of amides is 1. The third-order valence-electron chi connectivity index (χ3n) is 2.82. The minimum absolute atomic E-state index is 0.0290. The van der Waals surface area contributed by atoms with Crippen molar-refractivity contribution in [3.05, 3.63) is 22.4 Å². The maximum atomic E-state index is 11.9. The molecule has 1 heterocycles. The summed E-state index contributed by atoms with van der Waals surface area (Å²) in [7, 11) is 0. The van der Waals surface area contributed by atoms with Gasteiger partial charge in [0.2, 0.25) is 5.91 Å². The molecule has 1 unspecified atom stereocenters. The third-order valence-corrected chi connectivity index (χ3v) is 3.80. The fourth-order valence-electron chi connectivity index (χ4n) is 1.70. The summed E-state index contributed by atoms with van der Waals surface area (Å²) in [6.07, 6.45) is 3.74. The van der Waals surface area contributed by atoms with Crippen LogP contribution in [0.25, 0.3) is 0 Å². The summed E-state index contributed by atoms with van der Waals surface area (Å²) in [6, 6.07) is 3.79. The average Bonchev–Trinajstić information content (AvgIpc) is 2.86. The molecule has 2 atom stereocenters. The first-order chi connectivity index (χ1) is 8.19. The molecule has 0 fully saturated rings. The van der Waals surface area contributed by atoms with Crippen molar-refractivity contribution < 1.29 is 4.79 Å². The summed E-state index contributed by atoms with van der Waals surface area (Å²) >= 11 is 1.67. The van der Waals surface area contributed by atoms with E-state index in [1.807, 2.05) is 11.4 Å². The molecular weight excluding hydrogens is 232 g/mol. The van der Waals surface area contributed by atoms with Crippen molar-refractivity contribution >= 4 is 17.2 Å². The van der Waals surface area contributed by atoms with Crippen molar-refractivity contribution in [2.24, 2.45) is 5.73 Å². The van der Waals surface area contributed by atoms with E-state index in [1.54, 1.807) is 11.3 Å². The number of carbonyl (C=O) groups excluding carboxylic acids is 1. The Bertz CT molecular complexity index is 324. The molecule has 1 amide bonds. The molecule has 0 spiro atoms. The molecular formula is C13H22N2OS. The van der Waals surface area contributed by atoms with Crippen LogP contribution in [0.2, 0.25) is 0 Å². The van der Waals surface area contributed by atoms with E-state index in [9.17, 15) is 4.79 Å². The Morgan fingerprint density at radius 1 is 1.53 bits per heavy atom. The molecule has 0 aromatic carbocycles. The highest BCUT2D eigenvalue weighted by atomic mass is 32.1. The second-order valence-corrected chi connectivity index (χ2v) is 5.21. The fourth-order valence-corrected chi connectivity index (χ4v) is 2.56. The maximum Gasteiger partial charge on any atom is 0.237 e. The Kier molecular flexibility index (Phi) is 6.22. The largest absolute Gasteiger partial charge is 0.347 e. The van der Waals surface area contributed by atoms with Gasteiger partial charge in [-0.25, -0.2) is 0 Å². The lowest BCUT2D eigenvalue weighted by molar-refractivity contribution is -0.123. The Labute approximate surface area is 107 Å². The molecule has 17 heavy (non-hydrogen) atoms. The normalized spacial score (nSPS) is 14.3. The van der Waals surface area contributed by atoms with Gasteiger partial charge in [0.1, 0.15) is 0 Å². The van der Waals surface area contributed by atoms with E-state index in [1.165, 1.54) is 4.88 Å². The van der Waals surface area contributed by atoms with Crippen LogP contribution in [-0.2, 0) is 4.79 Å². The fraction of sp³-hybridized carbons (Fsp3) is 0.615. The number of hydrogen-bond donors (Lipinski definition) is 2. The molecule has 0 aliphatic carbocycles. The molecule has 0 aliphatic rings. The first-order valence-corrected chi connectivity index (χ1v) is 7.16. The first kappa shape index (κ1) is 14.2. The van der Waals surface area contributed by atoms with E-state index in [-0.39, 0.29) is 18.0 Å². The van der Waals surface area contributed by atoms with Crippen LogP contribution < -0.4 is 11.1 Å². The van der Waals surface area contributed by atoms with Gasteiger partial charge in [-0.05, 0) is 24.3 Å². The molecule has 1 aromatic rings. The summed E-state index contributed by atoms with van der Waals surface area (Å²) in [4.78, 5) is 13.1. The third kappa shape index (κ3) is 4.48. The summed E-state index contributed by atoms with van der Waals surface area (Å²) in [5.41, 5.74) is 5.85. The quantitative estimate of drug-likeness (QED) is 0.786. The highest BCUT2D eigenvalue weighted by Gasteiger charge is 2.18. The lowest BCUT2D eigenvalue weighted by atomic mass is 10.1. The molecule has 0 radical (unpaired) electrons. The maximum absolute atomic E-state index is 11.9. The van der Waals surface area contributed by atoms with Gasteiger partial charge in [-0.1, -0.05) is 32.8 Å². The molecule has 3 nitrogen and oxygen atoms in total. The molecule has 0 aliphatic heterocycles. The number of nitrogens with one attached hydrogen (secondary N) is 1. The highest BCUT2D eigenvalue weighted by molar-refractivity contribution is 7.10. The van der Waals surface area contributed by atoms with Gasteiger partial charge >= 0.3 is 0 Å². The van der Waals surface area contributed by atoms with Crippen molar-refractivity contribution in [2.45, 2.75) is 51.6 Å². The van der Waals surface area contributed by atoms with Gasteiger partial charge in [-0.15, -0.1) is 11.3 Å². The average molecular weight is 254 g/mol. The first-order valence-electron chi connectivity index (χ1n) is 6.28. The minimum Gasteiger partial charge on any atom is -0.347 e. The van der Waals surface area contributed by atoms with E-state index in [4.69, 9.17) is 5.73 Å². The zero-order chi connectivity index (χ0) is 12.7. The van der Waals surface area contributed by atoms with Crippen molar-refractivity contribution in [2.75, 3.05) is 0 Å². The van der Waals surface area contributed by atoms with Crippen LogP contribution in [0.5, 0.6) is 0 Å². The number of thiophene rings is 1. The number of nitrogens with two attached hydrogens (primary N) is 1. The summed E-state index contributed by atoms with van der Waals surface area (Å²) in [5, 5.41) is 5.05. The predicted molar refractivity (Wildman–Crippen MR) is 73.0 cm³/mol. The summed E-state index contributed by atoms with van der Waals surface area (Å²) in [5.74, 6) is -0.0290. The minimum atomic E-state index is -0.371. The van der Waals surface area contributed by atoms with E-state index < -0.39 is 0 Å². The lowest BCUT2D eigenvalue weighted by Gasteiger charge is -2.18. The smallest absolute Gasteiger partial charge is 0.237 e. The van der Waals surface area contributed by atoms with Crippen molar-refractivity contribution in [3.8, 4) is 0 Å². The Morgan fingerprint density at radius 2 is 2.29 bits per heavy atom. The van der Waals surface area contributed by atoms with Crippen LogP contribution in [0.1, 0.15) is 50.4 Å². The zero-order valence-corrected chi connectivity index (χ0v) is 11.4.